The van der Waals surface area contributed by atoms with Crippen LogP contribution in [0.3, 0.4) is 0 Å². The van der Waals surface area contributed by atoms with E-state index < -0.39 is 6.10 Å². The molecule has 0 aromatic heterocycles. The van der Waals surface area contributed by atoms with Gasteiger partial charge in [-0.2, -0.15) is 0 Å². The average molecular weight is 513 g/mol. The minimum atomic E-state index is -0.954. The fourth-order valence-corrected chi connectivity index (χ4v) is 4.34. The fraction of sp³-hybridized carbons (Fsp3) is 0.935. The molecular formula is C31H60O5. The lowest BCUT2D eigenvalue weighted by molar-refractivity contribution is -0.152. The van der Waals surface area contributed by atoms with Crippen LogP contribution in [-0.4, -0.2) is 36.4 Å². The Balaban J connectivity index is 3.44. The molecule has 1 atom stereocenters. The van der Waals surface area contributed by atoms with Crippen LogP contribution in [0, 0.1) is 11.8 Å². The van der Waals surface area contributed by atoms with Crippen LogP contribution in [0.4, 0.5) is 0 Å². The first kappa shape index (κ1) is 34.9. The molecule has 0 unspecified atom stereocenters. The third-order valence-electron chi connectivity index (χ3n) is 6.70. The van der Waals surface area contributed by atoms with Crippen molar-refractivity contribution in [3.05, 3.63) is 0 Å². The summed E-state index contributed by atoms with van der Waals surface area (Å²) in [4.78, 5) is 23.7. The zero-order chi connectivity index (χ0) is 26.9. The second-order valence-electron chi connectivity index (χ2n) is 11.5. The van der Waals surface area contributed by atoms with Gasteiger partial charge >= 0.3 is 11.9 Å². The summed E-state index contributed by atoms with van der Waals surface area (Å²) in [5.74, 6) is 1.05. The monoisotopic (exact) mass is 512 g/mol. The van der Waals surface area contributed by atoms with Crippen molar-refractivity contribution < 1.29 is 24.2 Å². The van der Waals surface area contributed by atoms with Gasteiger partial charge in [0, 0.05) is 12.8 Å². The molecule has 0 fully saturated rings. The maximum absolute atomic E-state index is 11.8. The molecule has 0 heterocycles. The number of unbranched alkanes of at least 4 members (excludes halogenated alkanes) is 14. The number of esters is 2. The van der Waals surface area contributed by atoms with E-state index in [0.29, 0.717) is 12.8 Å². The predicted molar refractivity (Wildman–Crippen MR) is 150 cm³/mol. The van der Waals surface area contributed by atoms with Crippen molar-refractivity contribution in [1.29, 1.82) is 0 Å². The zero-order valence-electron chi connectivity index (χ0n) is 24.4. The highest BCUT2D eigenvalue weighted by molar-refractivity contribution is 5.69. The quantitative estimate of drug-likeness (QED) is 0.0928. The van der Waals surface area contributed by atoms with Crippen LogP contribution in [0.2, 0.25) is 0 Å². The molecule has 0 amide bonds. The minimum absolute atomic E-state index is 0.111. The van der Waals surface area contributed by atoms with Crippen molar-refractivity contribution in [3.8, 4) is 0 Å². The van der Waals surface area contributed by atoms with Gasteiger partial charge in [-0.05, 0) is 24.7 Å². The lowest BCUT2D eigenvalue weighted by Crippen LogP contribution is -2.25. The topological polar surface area (TPSA) is 72.8 Å². The lowest BCUT2D eigenvalue weighted by atomic mass is 10.0. The smallest absolute Gasteiger partial charge is 0.305 e. The van der Waals surface area contributed by atoms with E-state index in [4.69, 9.17) is 9.47 Å². The number of ether oxygens (including phenoxy) is 2. The summed E-state index contributed by atoms with van der Waals surface area (Å²) in [5.41, 5.74) is 0. The molecule has 1 N–H and O–H groups in total. The molecule has 0 saturated heterocycles. The van der Waals surface area contributed by atoms with Gasteiger partial charge in [-0.1, -0.05) is 130 Å². The molecule has 5 heteroatoms. The molecule has 214 valence electrons. The van der Waals surface area contributed by atoms with Crippen LogP contribution in [0.1, 0.15) is 156 Å². The SMILES string of the molecule is CC(C)CCCCCCCCCCCC(=O)OC[C@H](O)COC(=O)CCCCCCCCCC(C)C. The van der Waals surface area contributed by atoms with Crippen molar-refractivity contribution in [3.63, 3.8) is 0 Å². The number of aliphatic hydroxyl groups excluding tert-OH is 1. The van der Waals surface area contributed by atoms with Gasteiger partial charge < -0.3 is 14.6 Å². The standard InChI is InChI=1S/C31H60O5/c1-27(2)21-17-13-9-6-5-7-11-15-19-23-30(33)35-25-29(32)26-36-31(34)24-20-16-12-8-10-14-18-22-28(3)4/h27-29,32H,5-26H2,1-4H3/t29-/m0/s1. The first-order valence-corrected chi connectivity index (χ1v) is 15.3. The maximum Gasteiger partial charge on any atom is 0.305 e. The number of carbonyl (C=O) groups is 2. The van der Waals surface area contributed by atoms with Crippen LogP contribution in [0.15, 0.2) is 0 Å². The first-order chi connectivity index (χ1) is 17.3. The van der Waals surface area contributed by atoms with Gasteiger partial charge in [-0.25, -0.2) is 0 Å². The Kier molecular flexibility index (Phi) is 24.8. The van der Waals surface area contributed by atoms with E-state index in [9.17, 15) is 14.7 Å². The molecule has 0 aliphatic carbocycles. The van der Waals surface area contributed by atoms with Crippen molar-refractivity contribution in [1.82, 2.24) is 0 Å². The summed E-state index contributed by atoms with van der Waals surface area (Å²) < 4.78 is 10.2. The van der Waals surface area contributed by atoms with E-state index in [1.54, 1.807) is 0 Å². The Labute approximate surface area is 223 Å². The Morgan fingerprint density at radius 3 is 1.08 bits per heavy atom. The van der Waals surface area contributed by atoms with Crippen molar-refractivity contribution in [2.75, 3.05) is 13.2 Å². The molecule has 0 aliphatic rings. The normalized spacial score (nSPS) is 12.3. The summed E-state index contributed by atoms with van der Waals surface area (Å²) in [6.07, 6.45) is 21.6. The van der Waals surface area contributed by atoms with Gasteiger partial charge in [0.25, 0.3) is 0 Å². The molecule has 0 aromatic rings. The molecule has 0 radical (unpaired) electrons. The number of rotatable bonds is 26. The average Bonchev–Trinajstić information content (AvgIpc) is 2.83. The van der Waals surface area contributed by atoms with Crippen molar-refractivity contribution in [2.24, 2.45) is 11.8 Å². The van der Waals surface area contributed by atoms with E-state index in [-0.39, 0.29) is 25.2 Å². The highest BCUT2D eigenvalue weighted by Crippen LogP contribution is 2.14. The third-order valence-corrected chi connectivity index (χ3v) is 6.70. The van der Waals surface area contributed by atoms with Gasteiger partial charge in [0.15, 0.2) is 0 Å². The third kappa shape index (κ3) is 27.5. The highest BCUT2D eigenvalue weighted by atomic mass is 16.6. The van der Waals surface area contributed by atoms with Gasteiger partial charge in [0.1, 0.15) is 19.3 Å². The van der Waals surface area contributed by atoms with Crippen LogP contribution < -0.4 is 0 Å². The molecule has 5 nitrogen and oxygen atoms in total. The summed E-state index contributed by atoms with van der Waals surface area (Å²) in [5, 5.41) is 9.91. The van der Waals surface area contributed by atoms with E-state index >= 15 is 0 Å². The minimum Gasteiger partial charge on any atom is -0.463 e. The highest BCUT2D eigenvalue weighted by Gasteiger charge is 2.12. The molecule has 0 aliphatic heterocycles. The molecule has 0 rings (SSSR count). The van der Waals surface area contributed by atoms with Gasteiger partial charge in [-0.3, -0.25) is 9.59 Å². The molecular weight excluding hydrogens is 452 g/mol. The fourth-order valence-electron chi connectivity index (χ4n) is 4.34. The predicted octanol–water partition coefficient (Wildman–Crippen LogP) is 8.55. The van der Waals surface area contributed by atoms with E-state index in [2.05, 4.69) is 27.7 Å². The number of hydrogen-bond donors (Lipinski definition) is 1. The summed E-state index contributed by atoms with van der Waals surface area (Å²) in [7, 11) is 0. The van der Waals surface area contributed by atoms with Crippen molar-refractivity contribution in [2.45, 2.75) is 162 Å². The molecule has 0 spiro atoms. The number of carbonyl (C=O) groups excluding carboxylic acids is 2. The number of hydrogen-bond acceptors (Lipinski definition) is 5. The Bertz CT molecular complexity index is 503. The van der Waals surface area contributed by atoms with Crippen molar-refractivity contribution >= 4 is 11.9 Å². The van der Waals surface area contributed by atoms with Gasteiger partial charge in [-0.15, -0.1) is 0 Å². The zero-order valence-corrected chi connectivity index (χ0v) is 24.4. The van der Waals surface area contributed by atoms with E-state index in [0.717, 1.165) is 50.4 Å². The maximum atomic E-state index is 11.8. The second kappa shape index (κ2) is 25.5. The second-order valence-corrected chi connectivity index (χ2v) is 11.5. The molecule has 0 aromatic carbocycles. The summed E-state index contributed by atoms with van der Waals surface area (Å²) >= 11 is 0. The Morgan fingerprint density at radius 1 is 0.500 bits per heavy atom. The molecule has 36 heavy (non-hydrogen) atoms. The lowest BCUT2D eigenvalue weighted by Gasteiger charge is -2.12. The molecule has 0 bridgehead atoms. The summed E-state index contributed by atoms with van der Waals surface area (Å²) in [6, 6.07) is 0. The van der Waals surface area contributed by atoms with E-state index in [1.807, 2.05) is 0 Å². The van der Waals surface area contributed by atoms with Crippen LogP contribution in [0.5, 0.6) is 0 Å². The first-order valence-electron chi connectivity index (χ1n) is 15.3. The van der Waals surface area contributed by atoms with Crippen LogP contribution >= 0.6 is 0 Å². The largest absolute Gasteiger partial charge is 0.463 e. The van der Waals surface area contributed by atoms with Gasteiger partial charge in [0.05, 0.1) is 0 Å². The Morgan fingerprint density at radius 2 is 0.778 bits per heavy atom. The Hall–Kier alpha value is -1.10. The van der Waals surface area contributed by atoms with E-state index in [1.165, 1.54) is 77.0 Å². The van der Waals surface area contributed by atoms with Gasteiger partial charge in [0.2, 0.25) is 0 Å². The van der Waals surface area contributed by atoms with Crippen LogP contribution in [-0.2, 0) is 19.1 Å². The van der Waals surface area contributed by atoms with Crippen LogP contribution in [0.25, 0.3) is 0 Å². The number of aliphatic hydroxyl groups is 1. The molecule has 0 saturated carbocycles. The summed E-state index contributed by atoms with van der Waals surface area (Å²) in [6.45, 7) is 8.89.